The van der Waals surface area contributed by atoms with Crippen molar-refractivity contribution >= 4 is 33.2 Å². The summed E-state index contributed by atoms with van der Waals surface area (Å²) >= 11 is 3.43. The van der Waals surface area contributed by atoms with Gasteiger partial charge in [0.2, 0.25) is 5.91 Å². The molecule has 0 fully saturated rings. The lowest BCUT2D eigenvalue weighted by Gasteiger charge is -2.19. The van der Waals surface area contributed by atoms with Crippen LogP contribution in [0.4, 0.5) is 11.4 Å². The van der Waals surface area contributed by atoms with Crippen molar-refractivity contribution in [3.63, 3.8) is 0 Å². The molecule has 3 rings (SSSR count). The molecule has 5 heteroatoms. The predicted octanol–water partition coefficient (Wildman–Crippen LogP) is 4.02. The molecule has 1 aliphatic heterocycles. The Morgan fingerprint density at radius 3 is 2.81 bits per heavy atom. The Hall–Kier alpha value is -2.01. The van der Waals surface area contributed by atoms with E-state index in [9.17, 15) is 4.79 Å². The first-order chi connectivity index (χ1) is 10.0. The zero-order valence-corrected chi connectivity index (χ0v) is 13.2. The number of nitrogens with two attached hydrogens (primary N) is 1. The fraction of sp³-hybridized carbons (Fsp3) is 0.188. The molecule has 1 aliphatic rings. The van der Waals surface area contributed by atoms with E-state index in [1.54, 1.807) is 6.07 Å². The van der Waals surface area contributed by atoms with Crippen LogP contribution < -0.4 is 15.8 Å². The SMILES string of the molecule is Cc1ccc(Br)cc1Oc1cc2c(cc1N)CCC(=O)N2. The normalized spacial score (nSPS) is 13.5. The molecular weight excluding hydrogens is 332 g/mol. The highest BCUT2D eigenvalue weighted by Gasteiger charge is 2.17. The van der Waals surface area contributed by atoms with Gasteiger partial charge in [-0.05, 0) is 42.7 Å². The Morgan fingerprint density at radius 1 is 1.19 bits per heavy atom. The van der Waals surface area contributed by atoms with E-state index in [-0.39, 0.29) is 5.91 Å². The van der Waals surface area contributed by atoms with E-state index in [1.165, 1.54) is 0 Å². The van der Waals surface area contributed by atoms with Crippen LogP contribution >= 0.6 is 15.9 Å². The summed E-state index contributed by atoms with van der Waals surface area (Å²) in [6.45, 7) is 1.97. The number of nitrogens with one attached hydrogen (secondary N) is 1. The Kier molecular flexibility index (Phi) is 3.59. The standard InChI is InChI=1S/C16H15BrN2O2/c1-9-2-4-11(17)7-14(9)21-15-8-13-10(6-12(15)18)3-5-16(20)19-13/h2,4,6-8H,3,5,18H2,1H3,(H,19,20). The summed E-state index contributed by atoms with van der Waals surface area (Å²) in [5.74, 6) is 1.31. The van der Waals surface area contributed by atoms with Gasteiger partial charge >= 0.3 is 0 Å². The number of carbonyl (C=O) groups is 1. The minimum Gasteiger partial charge on any atom is -0.455 e. The lowest BCUT2D eigenvalue weighted by Crippen LogP contribution is -2.19. The summed E-state index contributed by atoms with van der Waals surface area (Å²) < 4.78 is 6.85. The summed E-state index contributed by atoms with van der Waals surface area (Å²) in [5, 5.41) is 2.86. The number of rotatable bonds is 2. The molecule has 0 bridgehead atoms. The maximum atomic E-state index is 11.5. The Balaban J connectivity index is 1.97. The van der Waals surface area contributed by atoms with Crippen molar-refractivity contribution in [1.82, 2.24) is 0 Å². The van der Waals surface area contributed by atoms with Crippen molar-refractivity contribution in [3.8, 4) is 11.5 Å². The number of amides is 1. The van der Waals surface area contributed by atoms with Crippen molar-refractivity contribution in [2.75, 3.05) is 11.1 Å². The summed E-state index contributed by atoms with van der Waals surface area (Å²) in [6.07, 6.45) is 1.21. The van der Waals surface area contributed by atoms with Gasteiger partial charge < -0.3 is 15.8 Å². The van der Waals surface area contributed by atoms with E-state index in [4.69, 9.17) is 10.5 Å². The van der Waals surface area contributed by atoms with E-state index in [1.807, 2.05) is 31.2 Å². The second kappa shape index (κ2) is 5.41. The van der Waals surface area contributed by atoms with E-state index >= 15 is 0 Å². The van der Waals surface area contributed by atoms with Gasteiger partial charge in [0.15, 0.2) is 5.75 Å². The van der Waals surface area contributed by atoms with Crippen molar-refractivity contribution in [2.45, 2.75) is 19.8 Å². The van der Waals surface area contributed by atoms with E-state index < -0.39 is 0 Å². The first kappa shape index (κ1) is 13.9. The monoisotopic (exact) mass is 346 g/mol. The van der Waals surface area contributed by atoms with Crippen molar-refractivity contribution in [3.05, 3.63) is 45.9 Å². The number of anilines is 2. The van der Waals surface area contributed by atoms with Gasteiger partial charge in [-0.25, -0.2) is 0 Å². The van der Waals surface area contributed by atoms with Gasteiger partial charge in [0.05, 0.1) is 5.69 Å². The van der Waals surface area contributed by atoms with Crippen LogP contribution in [-0.4, -0.2) is 5.91 Å². The molecule has 0 spiro atoms. The second-order valence-corrected chi connectivity index (χ2v) is 6.02. The first-order valence-corrected chi connectivity index (χ1v) is 7.48. The van der Waals surface area contributed by atoms with Gasteiger partial charge in [-0.15, -0.1) is 0 Å². The van der Waals surface area contributed by atoms with E-state index in [0.717, 1.165) is 27.0 Å². The molecule has 1 amide bonds. The van der Waals surface area contributed by atoms with Gasteiger partial charge in [0.25, 0.3) is 0 Å². The number of carbonyl (C=O) groups excluding carboxylic acids is 1. The molecule has 0 aromatic heterocycles. The Bertz CT molecular complexity index is 728. The fourth-order valence-electron chi connectivity index (χ4n) is 2.32. The van der Waals surface area contributed by atoms with Crippen LogP contribution in [0, 0.1) is 6.92 Å². The number of aryl methyl sites for hydroxylation is 2. The third-order valence-electron chi connectivity index (χ3n) is 3.50. The highest BCUT2D eigenvalue weighted by atomic mass is 79.9. The lowest BCUT2D eigenvalue weighted by molar-refractivity contribution is -0.116. The molecule has 0 saturated carbocycles. The zero-order chi connectivity index (χ0) is 15.0. The summed E-state index contributed by atoms with van der Waals surface area (Å²) in [5.41, 5.74) is 9.48. The topological polar surface area (TPSA) is 64.3 Å². The zero-order valence-electron chi connectivity index (χ0n) is 11.6. The van der Waals surface area contributed by atoms with Crippen molar-refractivity contribution < 1.29 is 9.53 Å². The average molecular weight is 347 g/mol. The van der Waals surface area contributed by atoms with Crippen molar-refractivity contribution in [2.24, 2.45) is 0 Å². The summed E-state index contributed by atoms with van der Waals surface area (Å²) in [7, 11) is 0. The summed E-state index contributed by atoms with van der Waals surface area (Å²) in [6, 6.07) is 9.49. The Morgan fingerprint density at radius 2 is 2.00 bits per heavy atom. The van der Waals surface area contributed by atoms with Crippen LogP contribution in [0.1, 0.15) is 17.5 Å². The molecule has 4 nitrogen and oxygen atoms in total. The second-order valence-electron chi connectivity index (χ2n) is 5.11. The fourth-order valence-corrected chi connectivity index (χ4v) is 2.66. The molecule has 3 N–H and O–H groups in total. The number of benzene rings is 2. The first-order valence-electron chi connectivity index (χ1n) is 6.69. The number of fused-ring (bicyclic) bond motifs is 1. The van der Waals surface area contributed by atoms with Crippen LogP contribution in [0.3, 0.4) is 0 Å². The van der Waals surface area contributed by atoms with Crippen LogP contribution in [-0.2, 0) is 11.2 Å². The molecule has 0 aliphatic carbocycles. The molecule has 0 atom stereocenters. The van der Waals surface area contributed by atoms with Crippen LogP contribution in [0.5, 0.6) is 11.5 Å². The van der Waals surface area contributed by atoms with Gasteiger partial charge in [0.1, 0.15) is 5.75 Å². The minimum absolute atomic E-state index is 0.0249. The maximum absolute atomic E-state index is 11.5. The average Bonchev–Trinajstić information content (AvgIpc) is 2.44. The predicted molar refractivity (Wildman–Crippen MR) is 86.8 cm³/mol. The molecule has 2 aromatic carbocycles. The quantitative estimate of drug-likeness (QED) is 0.807. The minimum atomic E-state index is 0.0249. The van der Waals surface area contributed by atoms with Gasteiger partial charge in [-0.1, -0.05) is 22.0 Å². The van der Waals surface area contributed by atoms with Crippen LogP contribution in [0.2, 0.25) is 0 Å². The highest BCUT2D eigenvalue weighted by Crippen LogP contribution is 2.36. The van der Waals surface area contributed by atoms with Crippen LogP contribution in [0.25, 0.3) is 0 Å². The van der Waals surface area contributed by atoms with Gasteiger partial charge in [-0.2, -0.15) is 0 Å². The largest absolute Gasteiger partial charge is 0.455 e. The Labute approximate surface area is 131 Å². The molecule has 0 unspecified atom stereocenters. The molecular formula is C16H15BrN2O2. The molecule has 21 heavy (non-hydrogen) atoms. The number of nitrogen functional groups attached to an aromatic ring is 1. The third kappa shape index (κ3) is 2.88. The number of hydrogen-bond donors (Lipinski definition) is 2. The smallest absolute Gasteiger partial charge is 0.224 e. The maximum Gasteiger partial charge on any atom is 0.224 e. The molecule has 108 valence electrons. The summed E-state index contributed by atoms with van der Waals surface area (Å²) in [4.78, 5) is 11.5. The molecule has 1 heterocycles. The van der Waals surface area contributed by atoms with Crippen LogP contribution in [0.15, 0.2) is 34.8 Å². The van der Waals surface area contributed by atoms with Gasteiger partial charge in [-0.3, -0.25) is 4.79 Å². The molecule has 2 aromatic rings. The number of ether oxygens (including phenoxy) is 1. The van der Waals surface area contributed by atoms with E-state index in [2.05, 4.69) is 21.2 Å². The third-order valence-corrected chi connectivity index (χ3v) is 3.99. The van der Waals surface area contributed by atoms with Gasteiger partial charge in [0, 0.05) is 22.6 Å². The van der Waals surface area contributed by atoms with E-state index in [0.29, 0.717) is 24.3 Å². The molecule has 0 radical (unpaired) electrons. The number of halogens is 1. The number of hydrogen-bond acceptors (Lipinski definition) is 3. The van der Waals surface area contributed by atoms with Crippen molar-refractivity contribution in [1.29, 1.82) is 0 Å². The molecule has 0 saturated heterocycles. The lowest BCUT2D eigenvalue weighted by atomic mass is 10.0. The highest BCUT2D eigenvalue weighted by molar-refractivity contribution is 9.10.